The number of aliphatic hydroxyl groups excluding tert-OH is 1. The standard InChI is InChI=1S/C14H20FNO/c1-11-6-8-14(10-17,9-7-11)16-13-5-3-2-4-12(13)15/h2-5,11,16-17H,6-10H2,1H3. The van der Waals surface area contributed by atoms with Gasteiger partial charge in [-0.3, -0.25) is 0 Å². The molecule has 0 amide bonds. The zero-order valence-electron chi connectivity index (χ0n) is 10.2. The maximum Gasteiger partial charge on any atom is 0.146 e. The maximum atomic E-state index is 13.6. The number of aliphatic hydroxyl groups is 1. The molecule has 2 N–H and O–H groups in total. The molecule has 0 aliphatic heterocycles. The fourth-order valence-electron chi connectivity index (χ4n) is 2.49. The van der Waals surface area contributed by atoms with Crippen LogP contribution in [0.15, 0.2) is 24.3 Å². The third-order valence-electron chi connectivity index (χ3n) is 3.81. The van der Waals surface area contributed by atoms with Crippen LogP contribution in [0.2, 0.25) is 0 Å². The Hall–Kier alpha value is -1.09. The van der Waals surface area contributed by atoms with Crippen molar-refractivity contribution in [2.45, 2.75) is 38.1 Å². The number of hydrogen-bond acceptors (Lipinski definition) is 2. The van der Waals surface area contributed by atoms with Crippen molar-refractivity contribution in [3.63, 3.8) is 0 Å². The van der Waals surface area contributed by atoms with Crippen LogP contribution in [0.3, 0.4) is 0 Å². The van der Waals surface area contributed by atoms with E-state index in [0.29, 0.717) is 11.6 Å². The number of nitrogens with one attached hydrogen (secondary N) is 1. The van der Waals surface area contributed by atoms with Gasteiger partial charge in [-0.05, 0) is 43.7 Å². The Balaban J connectivity index is 2.12. The molecular formula is C14H20FNO. The number of halogens is 1. The molecule has 0 aromatic heterocycles. The second-order valence-electron chi connectivity index (χ2n) is 5.23. The molecule has 0 heterocycles. The van der Waals surface area contributed by atoms with Crippen LogP contribution in [0.4, 0.5) is 10.1 Å². The Morgan fingerprint density at radius 2 is 2.00 bits per heavy atom. The molecule has 1 aliphatic rings. The largest absolute Gasteiger partial charge is 0.394 e. The molecule has 1 aromatic carbocycles. The monoisotopic (exact) mass is 237 g/mol. The van der Waals surface area contributed by atoms with E-state index in [1.54, 1.807) is 12.1 Å². The third-order valence-corrected chi connectivity index (χ3v) is 3.81. The molecule has 0 unspecified atom stereocenters. The van der Waals surface area contributed by atoms with Gasteiger partial charge in [0.1, 0.15) is 5.82 Å². The number of rotatable bonds is 3. The van der Waals surface area contributed by atoms with E-state index in [1.807, 2.05) is 6.07 Å². The first-order valence-corrected chi connectivity index (χ1v) is 6.29. The average molecular weight is 237 g/mol. The molecular weight excluding hydrogens is 217 g/mol. The zero-order chi connectivity index (χ0) is 12.3. The van der Waals surface area contributed by atoms with Gasteiger partial charge >= 0.3 is 0 Å². The van der Waals surface area contributed by atoms with Crippen molar-refractivity contribution in [2.75, 3.05) is 11.9 Å². The molecule has 0 radical (unpaired) electrons. The highest BCUT2D eigenvalue weighted by atomic mass is 19.1. The lowest BCUT2D eigenvalue weighted by Gasteiger charge is -2.39. The van der Waals surface area contributed by atoms with Crippen LogP contribution >= 0.6 is 0 Å². The van der Waals surface area contributed by atoms with Crippen LogP contribution in [0.5, 0.6) is 0 Å². The average Bonchev–Trinajstić information content (AvgIpc) is 2.35. The summed E-state index contributed by atoms with van der Waals surface area (Å²) in [6.07, 6.45) is 3.97. The second-order valence-corrected chi connectivity index (χ2v) is 5.23. The highest BCUT2D eigenvalue weighted by Crippen LogP contribution is 2.34. The van der Waals surface area contributed by atoms with Crippen molar-refractivity contribution in [3.8, 4) is 0 Å². The molecule has 2 nitrogen and oxygen atoms in total. The van der Waals surface area contributed by atoms with E-state index >= 15 is 0 Å². The maximum absolute atomic E-state index is 13.6. The van der Waals surface area contributed by atoms with E-state index < -0.39 is 0 Å². The number of benzene rings is 1. The summed E-state index contributed by atoms with van der Waals surface area (Å²) in [5.74, 6) is 0.455. The van der Waals surface area contributed by atoms with Crippen molar-refractivity contribution in [2.24, 2.45) is 5.92 Å². The first-order chi connectivity index (χ1) is 8.15. The van der Waals surface area contributed by atoms with Crippen molar-refractivity contribution in [3.05, 3.63) is 30.1 Å². The van der Waals surface area contributed by atoms with Crippen LogP contribution < -0.4 is 5.32 Å². The highest BCUT2D eigenvalue weighted by molar-refractivity contribution is 5.47. The van der Waals surface area contributed by atoms with Crippen LogP contribution in [0.25, 0.3) is 0 Å². The van der Waals surface area contributed by atoms with Crippen LogP contribution in [0, 0.1) is 11.7 Å². The van der Waals surface area contributed by atoms with Gasteiger partial charge in [-0.25, -0.2) is 4.39 Å². The fraction of sp³-hybridized carbons (Fsp3) is 0.571. The summed E-state index contributed by atoms with van der Waals surface area (Å²) in [5.41, 5.74) is 0.158. The smallest absolute Gasteiger partial charge is 0.146 e. The molecule has 0 bridgehead atoms. The summed E-state index contributed by atoms with van der Waals surface area (Å²) in [5, 5.41) is 12.8. The van der Waals surface area contributed by atoms with Gasteiger partial charge in [0, 0.05) is 0 Å². The Bertz CT molecular complexity index is 372. The van der Waals surface area contributed by atoms with Gasteiger partial charge in [-0.15, -0.1) is 0 Å². The van der Waals surface area contributed by atoms with Gasteiger partial charge in [0.15, 0.2) is 0 Å². The molecule has 0 spiro atoms. The summed E-state index contributed by atoms with van der Waals surface area (Å²) < 4.78 is 13.6. The SMILES string of the molecule is CC1CCC(CO)(Nc2ccccc2F)CC1. The van der Waals surface area contributed by atoms with Gasteiger partial charge in [0.25, 0.3) is 0 Å². The fourth-order valence-corrected chi connectivity index (χ4v) is 2.49. The molecule has 0 saturated heterocycles. The predicted octanol–water partition coefficient (Wildman–Crippen LogP) is 3.18. The molecule has 3 heteroatoms. The van der Waals surface area contributed by atoms with E-state index in [-0.39, 0.29) is 18.0 Å². The van der Waals surface area contributed by atoms with Crippen LogP contribution in [-0.4, -0.2) is 17.3 Å². The lowest BCUT2D eigenvalue weighted by Crippen LogP contribution is -2.45. The molecule has 1 aromatic rings. The summed E-state index contributed by atoms with van der Waals surface area (Å²) in [4.78, 5) is 0. The summed E-state index contributed by atoms with van der Waals surface area (Å²) in [6, 6.07) is 6.65. The Morgan fingerprint density at radius 3 is 2.59 bits per heavy atom. The third kappa shape index (κ3) is 2.78. The number of para-hydroxylation sites is 1. The highest BCUT2D eigenvalue weighted by Gasteiger charge is 2.33. The minimum atomic E-state index is -0.339. The van der Waals surface area contributed by atoms with Crippen molar-refractivity contribution in [1.29, 1.82) is 0 Å². The van der Waals surface area contributed by atoms with Crippen LogP contribution in [-0.2, 0) is 0 Å². The van der Waals surface area contributed by atoms with Crippen molar-refractivity contribution < 1.29 is 9.50 Å². The van der Waals surface area contributed by atoms with E-state index in [1.165, 1.54) is 6.07 Å². The topological polar surface area (TPSA) is 32.3 Å². The first-order valence-electron chi connectivity index (χ1n) is 6.29. The number of hydrogen-bond donors (Lipinski definition) is 2. The van der Waals surface area contributed by atoms with Gasteiger partial charge in [-0.1, -0.05) is 19.1 Å². The minimum Gasteiger partial charge on any atom is -0.394 e. The summed E-state index contributed by atoms with van der Waals surface area (Å²) in [7, 11) is 0. The van der Waals surface area contributed by atoms with Crippen molar-refractivity contribution in [1.82, 2.24) is 0 Å². The predicted molar refractivity (Wildman–Crippen MR) is 67.5 cm³/mol. The van der Waals surface area contributed by atoms with Gasteiger partial charge in [0.2, 0.25) is 0 Å². The minimum absolute atomic E-state index is 0.0635. The summed E-state index contributed by atoms with van der Waals surface area (Å²) >= 11 is 0. The normalized spacial score (nSPS) is 29.0. The van der Waals surface area contributed by atoms with Gasteiger partial charge < -0.3 is 10.4 Å². The van der Waals surface area contributed by atoms with Crippen LogP contribution in [0.1, 0.15) is 32.6 Å². The lowest BCUT2D eigenvalue weighted by atomic mass is 9.77. The molecule has 2 rings (SSSR count). The van der Waals surface area contributed by atoms with Crippen molar-refractivity contribution >= 4 is 5.69 Å². The van der Waals surface area contributed by atoms with E-state index in [4.69, 9.17) is 0 Å². The molecule has 1 aliphatic carbocycles. The van der Waals surface area contributed by atoms with Gasteiger partial charge in [-0.2, -0.15) is 0 Å². The van der Waals surface area contributed by atoms with E-state index in [9.17, 15) is 9.50 Å². The molecule has 17 heavy (non-hydrogen) atoms. The molecule has 1 fully saturated rings. The second kappa shape index (κ2) is 5.05. The molecule has 94 valence electrons. The number of anilines is 1. The molecule has 0 atom stereocenters. The molecule has 1 saturated carbocycles. The van der Waals surface area contributed by atoms with E-state index in [0.717, 1.165) is 25.7 Å². The lowest BCUT2D eigenvalue weighted by molar-refractivity contribution is 0.155. The zero-order valence-corrected chi connectivity index (χ0v) is 10.2. The van der Waals surface area contributed by atoms with E-state index in [2.05, 4.69) is 12.2 Å². The quantitative estimate of drug-likeness (QED) is 0.846. The Morgan fingerprint density at radius 1 is 1.35 bits per heavy atom. The Kier molecular flexibility index (Phi) is 3.67. The first kappa shape index (κ1) is 12.4. The Labute approximate surface area is 102 Å². The van der Waals surface area contributed by atoms with Gasteiger partial charge in [0.05, 0.1) is 17.8 Å². The summed E-state index contributed by atoms with van der Waals surface area (Å²) in [6.45, 7) is 2.29.